The zero-order valence-electron chi connectivity index (χ0n) is 17.2. The van der Waals surface area contributed by atoms with Gasteiger partial charge in [-0.25, -0.2) is 4.98 Å². The maximum Gasteiger partial charge on any atom is 0.271 e. The Hall–Kier alpha value is -4.40. The standard InChI is InChI=1S/C23H20N4O5/c1-31-21-12-11-16(27(29)30)13-19(21)25-23(28)14-26-20-10-6-5-9-18(20)24-22(26)15-32-17-7-3-2-4-8-17/h2-13H,14-15H2,1H3,(H,25,28). The number of hydrogen-bond acceptors (Lipinski definition) is 6. The van der Waals surface area contributed by atoms with Crippen molar-refractivity contribution in [1.29, 1.82) is 0 Å². The van der Waals surface area contributed by atoms with E-state index in [4.69, 9.17) is 9.47 Å². The monoisotopic (exact) mass is 432 g/mol. The van der Waals surface area contributed by atoms with E-state index in [1.165, 1.54) is 25.3 Å². The highest BCUT2D eigenvalue weighted by atomic mass is 16.6. The van der Waals surface area contributed by atoms with E-state index in [1.54, 1.807) is 4.57 Å². The number of anilines is 1. The normalized spacial score (nSPS) is 10.7. The zero-order valence-corrected chi connectivity index (χ0v) is 17.2. The summed E-state index contributed by atoms with van der Waals surface area (Å²) < 4.78 is 12.8. The summed E-state index contributed by atoms with van der Waals surface area (Å²) in [7, 11) is 1.43. The molecule has 32 heavy (non-hydrogen) atoms. The van der Waals surface area contributed by atoms with Crippen molar-refractivity contribution >= 4 is 28.3 Å². The van der Waals surface area contributed by atoms with E-state index in [2.05, 4.69) is 10.3 Å². The maximum atomic E-state index is 12.9. The third-order valence-electron chi connectivity index (χ3n) is 4.81. The Labute approximate surface area is 183 Å². The SMILES string of the molecule is COc1ccc([N+](=O)[O-])cc1NC(=O)Cn1c(COc2ccccc2)nc2ccccc21. The summed E-state index contributed by atoms with van der Waals surface area (Å²) in [5.74, 6) is 1.22. The second-order valence-corrected chi connectivity index (χ2v) is 6.89. The molecule has 0 saturated carbocycles. The summed E-state index contributed by atoms with van der Waals surface area (Å²) >= 11 is 0. The van der Waals surface area contributed by atoms with Crippen LogP contribution in [0.2, 0.25) is 0 Å². The van der Waals surface area contributed by atoms with E-state index in [1.807, 2.05) is 54.6 Å². The van der Waals surface area contributed by atoms with Crippen molar-refractivity contribution in [2.75, 3.05) is 12.4 Å². The number of nitro benzene ring substituents is 1. The van der Waals surface area contributed by atoms with Crippen LogP contribution in [-0.4, -0.2) is 27.5 Å². The number of imidazole rings is 1. The van der Waals surface area contributed by atoms with E-state index < -0.39 is 4.92 Å². The van der Waals surface area contributed by atoms with E-state index in [0.717, 1.165) is 11.0 Å². The first-order valence-corrected chi connectivity index (χ1v) is 9.79. The highest BCUT2D eigenvalue weighted by molar-refractivity contribution is 5.93. The van der Waals surface area contributed by atoms with Gasteiger partial charge in [-0.1, -0.05) is 30.3 Å². The highest BCUT2D eigenvalue weighted by Gasteiger charge is 2.17. The number of rotatable bonds is 8. The fourth-order valence-corrected chi connectivity index (χ4v) is 3.32. The van der Waals surface area contributed by atoms with Crippen LogP contribution in [0.4, 0.5) is 11.4 Å². The van der Waals surface area contributed by atoms with Crippen LogP contribution >= 0.6 is 0 Å². The quantitative estimate of drug-likeness (QED) is 0.331. The van der Waals surface area contributed by atoms with Crippen LogP contribution in [0.25, 0.3) is 11.0 Å². The lowest BCUT2D eigenvalue weighted by Gasteiger charge is -2.13. The summed E-state index contributed by atoms with van der Waals surface area (Å²) in [6, 6.07) is 20.8. The Bertz CT molecular complexity index is 1270. The van der Waals surface area contributed by atoms with Crippen molar-refractivity contribution in [3.63, 3.8) is 0 Å². The number of carbonyl (C=O) groups is 1. The van der Waals surface area contributed by atoms with Crippen molar-refractivity contribution in [2.45, 2.75) is 13.2 Å². The molecule has 0 radical (unpaired) electrons. The molecule has 162 valence electrons. The Morgan fingerprint density at radius 2 is 1.84 bits per heavy atom. The zero-order chi connectivity index (χ0) is 22.5. The second-order valence-electron chi connectivity index (χ2n) is 6.89. The summed E-state index contributed by atoms with van der Waals surface area (Å²) in [4.78, 5) is 28.0. The lowest BCUT2D eigenvalue weighted by molar-refractivity contribution is -0.384. The Balaban J connectivity index is 1.59. The predicted octanol–water partition coefficient (Wildman–Crippen LogP) is 4.17. The highest BCUT2D eigenvalue weighted by Crippen LogP contribution is 2.29. The number of fused-ring (bicyclic) bond motifs is 1. The molecule has 0 bridgehead atoms. The van der Waals surface area contributed by atoms with Gasteiger partial charge in [0.05, 0.1) is 28.8 Å². The molecule has 1 amide bonds. The van der Waals surface area contributed by atoms with Gasteiger partial charge in [-0.05, 0) is 30.3 Å². The van der Waals surface area contributed by atoms with Gasteiger partial charge in [0.15, 0.2) is 0 Å². The molecule has 0 unspecified atom stereocenters. The number of amides is 1. The van der Waals surface area contributed by atoms with Crippen LogP contribution in [0, 0.1) is 10.1 Å². The number of ether oxygens (including phenoxy) is 2. The van der Waals surface area contributed by atoms with Crippen molar-refractivity contribution in [2.24, 2.45) is 0 Å². The number of non-ortho nitro benzene ring substituents is 1. The van der Waals surface area contributed by atoms with Gasteiger partial charge in [0, 0.05) is 12.1 Å². The molecule has 1 aromatic heterocycles. The Morgan fingerprint density at radius 1 is 1.09 bits per heavy atom. The average Bonchev–Trinajstić information content (AvgIpc) is 3.15. The summed E-state index contributed by atoms with van der Waals surface area (Å²) in [6.07, 6.45) is 0. The largest absolute Gasteiger partial charge is 0.495 e. The van der Waals surface area contributed by atoms with Gasteiger partial charge < -0.3 is 19.4 Å². The minimum atomic E-state index is -0.530. The van der Waals surface area contributed by atoms with Crippen molar-refractivity contribution in [3.05, 3.63) is 88.7 Å². The molecule has 0 fully saturated rings. The first kappa shape index (κ1) is 20.9. The summed E-state index contributed by atoms with van der Waals surface area (Å²) in [5, 5.41) is 13.8. The molecule has 0 aliphatic rings. The first-order chi connectivity index (χ1) is 15.5. The molecule has 4 aromatic rings. The number of benzene rings is 3. The van der Waals surface area contributed by atoms with Gasteiger partial charge in [-0.15, -0.1) is 0 Å². The Kier molecular flexibility index (Phi) is 5.98. The van der Waals surface area contributed by atoms with Crippen molar-refractivity contribution in [3.8, 4) is 11.5 Å². The third-order valence-corrected chi connectivity index (χ3v) is 4.81. The predicted molar refractivity (Wildman–Crippen MR) is 119 cm³/mol. The third kappa shape index (κ3) is 4.51. The number of carbonyl (C=O) groups excluding carboxylic acids is 1. The summed E-state index contributed by atoms with van der Waals surface area (Å²) in [5.41, 5.74) is 1.59. The molecular weight excluding hydrogens is 412 g/mol. The van der Waals surface area contributed by atoms with E-state index in [0.29, 0.717) is 17.3 Å². The number of nitro groups is 1. The first-order valence-electron chi connectivity index (χ1n) is 9.79. The molecule has 3 aromatic carbocycles. The number of methoxy groups -OCH3 is 1. The fraction of sp³-hybridized carbons (Fsp3) is 0.130. The van der Waals surface area contributed by atoms with Crippen molar-refractivity contribution in [1.82, 2.24) is 9.55 Å². The maximum absolute atomic E-state index is 12.9. The van der Waals surface area contributed by atoms with Gasteiger partial charge in [0.2, 0.25) is 5.91 Å². The van der Waals surface area contributed by atoms with Crippen LogP contribution in [0.1, 0.15) is 5.82 Å². The second kappa shape index (κ2) is 9.17. The Morgan fingerprint density at radius 3 is 2.59 bits per heavy atom. The van der Waals surface area contributed by atoms with Crippen LogP contribution in [-0.2, 0) is 17.9 Å². The number of hydrogen-bond donors (Lipinski definition) is 1. The molecule has 0 aliphatic carbocycles. The average molecular weight is 432 g/mol. The molecule has 0 aliphatic heterocycles. The molecule has 1 heterocycles. The van der Waals surface area contributed by atoms with Gasteiger partial charge in [0.1, 0.15) is 30.5 Å². The topological polar surface area (TPSA) is 109 Å². The van der Waals surface area contributed by atoms with E-state index in [9.17, 15) is 14.9 Å². The molecule has 0 atom stereocenters. The number of nitrogens with one attached hydrogen (secondary N) is 1. The van der Waals surface area contributed by atoms with Crippen LogP contribution < -0.4 is 14.8 Å². The number of nitrogens with zero attached hydrogens (tertiary/aromatic N) is 3. The van der Waals surface area contributed by atoms with Crippen molar-refractivity contribution < 1.29 is 19.2 Å². The minimum Gasteiger partial charge on any atom is -0.495 e. The number of para-hydroxylation sites is 3. The van der Waals surface area contributed by atoms with E-state index >= 15 is 0 Å². The lowest BCUT2D eigenvalue weighted by Crippen LogP contribution is -2.21. The molecule has 0 spiro atoms. The number of aromatic nitrogens is 2. The van der Waals surface area contributed by atoms with Gasteiger partial charge in [0.25, 0.3) is 5.69 Å². The molecule has 1 N–H and O–H groups in total. The molecule has 0 saturated heterocycles. The fourth-order valence-electron chi connectivity index (χ4n) is 3.32. The van der Waals surface area contributed by atoms with Gasteiger partial charge >= 0.3 is 0 Å². The van der Waals surface area contributed by atoms with Crippen LogP contribution in [0.3, 0.4) is 0 Å². The molecule has 9 heteroatoms. The summed E-state index contributed by atoms with van der Waals surface area (Å²) in [6.45, 7) is 0.117. The smallest absolute Gasteiger partial charge is 0.271 e. The van der Waals surface area contributed by atoms with Gasteiger partial charge in [-0.3, -0.25) is 14.9 Å². The van der Waals surface area contributed by atoms with Gasteiger partial charge in [-0.2, -0.15) is 0 Å². The van der Waals surface area contributed by atoms with Crippen LogP contribution in [0.15, 0.2) is 72.8 Å². The minimum absolute atomic E-state index is 0.0557. The van der Waals surface area contributed by atoms with E-state index in [-0.39, 0.29) is 30.4 Å². The molecular formula is C23H20N4O5. The lowest BCUT2D eigenvalue weighted by atomic mass is 10.2. The van der Waals surface area contributed by atoms with Crippen LogP contribution in [0.5, 0.6) is 11.5 Å². The molecule has 4 rings (SSSR count). The molecule has 9 nitrogen and oxygen atoms in total.